The molecule has 1 aliphatic rings. The molecule has 0 fully saturated rings. The summed E-state index contributed by atoms with van der Waals surface area (Å²) >= 11 is 1.61. The van der Waals surface area contributed by atoms with Crippen LogP contribution in [0.5, 0.6) is 0 Å². The Hall–Kier alpha value is -1.18. The van der Waals surface area contributed by atoms with Gasteiger partial charge in [0.1, 0.15) is 5.35 Å². The third kappa shape index (κ3) is 0.817. The molecule has 10 heavy (non-hydrogen) atoms. The van der Waals surface area contributed by atoms with Crippen LogP contribution in [0.4, 0.5) is 0 Å². The van der Waals surface area contributed by atoms with Crippen molar-refractivity contribution in [2.24, 2.45) is 4.99 Å². The average molecular weight is 148 g/mol. The Morgan fingerprint density at radius 1 is 1.50 bits per heavy atom. The quantitative estimate of drug-likeness (QED) is 0.504. The lowest BCUT2D eigenvalue weighted by Crippen LogP contribution is -2.19. The van der Waals surface area contributed by atoms with Gasteiger partial charge in [0.15, 0.2) is 0 Å². The first-order valence-corrected chi connectivity index (χ1v) is 3.73. The Kier molecular flexibility index (Phi) is 1.24. The summed E-state index contributed by atoms with van der Waals surface area (Å²) in [5, 5.41) is 0.936. The number of hydrogen-bond donors (Lipinski definition) is 0. The summed E-state index contributed by atoms with van der Waals surface area (Å²) < 4.78 is 1.15. The fourth-order valence-electron chi connectivity index (χ4n) is 0.740. The molecule has 0 unspecified atom stereocenters. The molecule has 1 aromatic rings. The van der Waals surface area contributed by atoms with Gasteiger partial charge in [-0.2, -0.15) is 0 Å². The Morgan fingerprint density at radius 2 is 2.50 bits per heavy atom. The third-order valence-corrected chi connectivity index (χ3v) is 2.00. The van der Waals surface area contributed by atoms with E-state index in [2.05, 4.69) is 15.8 Å². The number of nitrogens with zero attached hydrogens (tertiary/aromatic N) is 2. The van der Waals surface area contributed by atoms with Crippen molar-refractivity contribution >= 4 is 29.5 Å². The van der Waals surface area contributed by atoms with Gasteiger partial charge in [-0.1, -0.05) is 0 Å². The molecule has 0 spiro atoms. The van der Waals surface area contributed by atoms with Gasteiger partial charge in [-0.05, 0) is 11.9 Å². The van der Waals surface area contributed by atoms with Gasteiger partial charge in [0.25, 0.3) is 0 Å². The van der Waals surface area contributed by atoms with Gasteiger partial charge in [0, 0.05) is 6.08 Å². The van der Waals surface area contributed by atoms with E-state index < -0.39 is 0 Å². The van der Waals surface area contributed by atoms with Gasteiger partial charge in [0.05, 0.1) is 16.2 Å². The molecule has 3 heteroatoms. The van der Waals surface area contributed by atoms with Crippen LogP contribution in [0, 0.1) is 0 Å². The highest BCUT2D eigenvalue weighted by molar-refractivity contribution is 7.07. The monoisotopic (exact) mass is 148 g/mol. The van der Waals surface area contributed by atoms with E-state index in [0.29, 0.717) is 0 Å². The predicted molar refractivity (Wildman–Crippen MR) is 42.3 cm³/mol. The van der Waals surface area contributed by atoms with E-state index in [4.69, 9.17) is 0 Å². The smallest absolute Gasteiger partial charge is 0.100 e. The molecule has 0 atom stereocenters. The molecule has 2 nitrogen and oxygen atoms in total. The lowest BCUT2D eigenvalue weighted by molar-refractivity contribution is 1.31. The fourth-order valence-corrected chi connectivity index (χ4v) is 1.39. The molecule has 0 aromatic carbocycles. The van der Waals surface area contributed by atoms with Crippen molar-refractivity contribution in [3.63, 3.8) is 0 Å². The number of thiazole rings is 1. The molecule has 0 N–H and O–H groups in total. The lowest BCUT2D eigenvalue weighted by Gasteiger charge is -1.67. The average Bonchev–Trinajstić information content (AvgIpc) is 2.28. The Morgan fingerprint density at radius 3 is 3.50 bits per heavy atom. The van der Waals surface area contributed by atoms with Crippen molar-refractivity contribution in [3.05, 3.63) is 21.5 Å². The van der Waals surface area contributed by atoms with Gasteiger partial charge in [-0.3, -0.25) is 0 Å². The summed E-state index contributed by atoms with van der Waals surface area (Å²) in [4.78, 5) is 7.96. The number of aliphatic imine (C=N–C) groups is 1. The van der Waals surface area contributed by atoms with Crippen LogP contribution in [-0.2, 0) is 0 Å². The molecular formula is C7H4N2S. The number of hydrogen-bond acceptors (Lipinski definition) is 3. The molecule has 1 aromatic heterocycles. The van der Waals surface area contributed by atoms with Crippen LogP contribution in [0.1, 0.15) is 0 Å². The van der Waals surface area contributed by atoms with Crippen LogP contribution in [0.25, 0.3) is 12.3 Å². The zero-order valence-electron chi connectivity index (χ0n) is 5.11. The first kappa shape index (κ1) is 5.59. The molecule has 0 saturated heterocycles. The zero-order valence-corrected chi connectivity index (χ0v) is 5.93. The van der Waals surface area contributed by atoms with Crippen LogP contribution in [0.3, 0.4) is 0 Å². The highest BCUT2D eigenvalue weighted by atomic mass is 32.1. The van der Waals surface area contributed by atoms with Crippen LogP contribution >= 0.6 is 11.3 Å². The van der Waals surface area contributed by atoms with Gasteiger partial charge < -0.3 is 0 Å². The van der Waals surface area contributed by atoms with Crippen LogP contribution in [0.2, 0.25) is 0 Å². The van der Waals surface area contributed by atoms with Crippen LogP contribution in [0.15, 0.2) is 16.6 Å². The molecule has 1 aliphatic heterocycles. The van der Waals surface area contributed by atoms with E-state index in [1.165, 1.54) is 0 Å². The SMILES string of the molecule is C1=CC=c2scnc2=CN=1. The number of allylic oxidation sites excluding steroid dienone is 1. The molecule has 0 amide bonds. The first-order valence-electron chi connectivity index (χ1n) is 2.85. The van der Waals surface area contributed by atoms with Crippen molar-refractivity contribution in [2.75, 3.05) is 0 Å². The summed E-state index contributed by atoms with van der Waals surface area (Å²) in [6.07, 6.45) is 5.46. The maximum atomic E-state index is 4.09. The van der Waals surface area contributed by atoms with Crippen molar-refractivity contribution < 1.29 is 0 Å². The van der Waals surface area contributed by atoms with Crippen LogP contribution < -0.4 is 9.88 Å². The predicted octanol–water partition coefficient (Wildman–Crippen LogP) is -0.0989. The maximum absolute atomic E-state index is 4.09. The largest absolute Gasteiger partial charge is 0.243 e. The highest BCUT2D eigenvalue weighted by Gasteiger charge is 1.86. The van der Waals surface area contributed by atoms with E-state index >= 15 is 0 Å². The second kappa shape index (κ2) is 2.21. The molecule has 2 rings (SSSR count). The molecule has 48 valence electrons. The summed E-state index contributed by atoms with van der Waals surface area (Å²) in [5.41, 5.74) is 1.81. The van der Waals surface area contributed by atoms with E-state index in [9.17, 15) is 0 Å². The lowest BCUT2D eigenvalue weighted by atomic mass is 10.5. The van der Waals surface area contributed by atoms with Gasteiger partial charge in [-0.25, -0.2) is 9.98 Å². The second-order valence-corrected chi connectivity index (χ2v) is 2.71. The minimum Gasteiger partial charge on any atom is -0.243 e. The second-order valence-electron chi connectivity index (χ2n) is 1.82. The minimum atomic E-state index is 0.936. The van der Waals surface area contributed by atoms with Crippen molar-refractivity contribution in [2.45, 2.75) is 0 Å². The standard InChI is InChI=1S/C7H4N2S/c1-2-7-6(4-8-3-1)9-5-10-7/h1-2,4-5H. The molecule has 0 saturated carbocycles. The first-order chi connectivity index (χ1) is 4.97. The summed E-state index contributed by atoms with van der Waals surface area (Å²) in [6.45, 7) is 0. The normalized spacial score (nSPS) is 13.2. The van der Waals surface area contributed by atoms with Crippen molar-refractivity contribution in [3.8, 4) is 0 Å². The Balaban J connectivity index is 2.94. The van der Waals surface area contributed by atoms with Gasteiger partial charge in [-0.15, -0.1) is 11.3 Å². The van der Waals surface area contributed by atoms with Crippen molar-refractivity contribution in [1.29, 1.82) is 0 Å². The molecule has 0 aliphatic carbocycles. The Labute approximate surface area is 61.6 Å². The maximum Gasteiger partial charge on any atom is 0.100 e. The number of rotatable bonds is 0. The zero-order chi connectivity index (χ0) is 6.81. The van der Waals surface area contributed by atoms with E-state index in [-0.39, 0.29) is 0 Å². The van der Waals surface area contributed by atoms with Crippen molar-refractivity contribution in [1.82, 2.24) is 4.98 Å². The summed E-state index contributed by atoms with van der Waals surface area (Å²) in [6, 6.07) is 0. The van der Waals surface area contributed by atoms with Gasteiger partial charge in [0.2, 0.25) is 0 Å². The summed E-state index contributed by atoms with van der Waals surface area (Å²) in [5.74, 6) is 2.74. The molecule has 2 heterocycles. The van der Waals surface area contributed by atoms with Gasteiger partial charge >= 0.3 is 0 Å². The fraction of sp³-hybridized carbons (Fsp3) is 0. The molecule has 0 bridgehead atoms. The molecule has 0 radical (unpaired) electrons. The van der Waals surface area contributed by atoms with E-state index in [1.54, 1.807) is 23.6 Å². The minimum absolute atomic E-state index is 0.936. The van der Waals surface area contributed by atoms with Crippen LogP contribution in [-0.4, -0.2) is 10.9 Å². The number of fused-ring (bicyclic) bond motifs is 1. The Bertz CT molecular complexity index is 373. The number of aromatic nitrogens is 1. The molecular weight excluding hydrogens is 144 g/mol. The summed E-state index contributed by atoms with van der Waals surface area (Å²) in [7, 11) is 0. The van der Waals surface area contributed by atoms with E-state index in [1.807, 2.05) is 11.6 Å². The highest BCUT2D eigenvalue weighted by Crippen LogP contribution is 1.79. The third-order valence-electron chi connectivity index (χ3n) is 1.19. The van der Waals surface area contributed by atoms with E-state index in [0.717, 1.165) is 9.88 Å². The topological polar surface area (TPSA) is 25.2 Å².